The minimum absolute atomic E-state index is 0.216. The Labute approximate surface area is 262 Å². The van der Waals surface area contributed by atoms with Crippen LogP contribution in [0.2, 0.25) is 5.02 Å². The van der Waals surface area contributed by atoms with Gasteiger partial charge in [0.25, 0.3) is 0 Å². The maximum Gasteiger partial charge on any atom is 0.218 e. The van der Waals surface area contributed by atoms with Crippen molar-refractivity contribution in [2.75, 3.05) is 26.8 Å². The van der Waals surface area contributed by atoms with Gasteiger partial charge in [0.2, 0.25) is 5.88 Å². The standard InChI is InChI=1S/C36H32ClN3O4/c1-22-26(21-44-34-14-12-28-25(20-42)9-11-29(28)32(34)15-38)5-3-6-27(22)30-7-4-8-31(35(30)37)33-13-10-24(36(39-33)43-2)18-40-16-23(17-40)19-41/h3-8,10,12-14,23,41H,9,11,16-19,21H2,1-2H3. The van der Waals surface area contributed by atoms with Crippen molar-refractivity contribution in [3.8, 4) is 40.1 Å². The van der Waals surface area contributed by atoms with Crippen molar-refractivity contribution in [2.24, 2.45) is 5.92 Å². The molecule has 0 saturated carbocycles. The number of ether oxygens (including phenoxy) is 2. The number of fused-ring (bicyclic) bond motifs is 1. The fourth-order valence-electron chi connectivity index (χ4n) is 6.21. The van der Waals surface area contributed by atoms with Crippen molar-refractivity contribution in [1.82, 2.24) is 9.88 Å². The van der Waals surface area contributed by atoms with Crippen LogP contribution in [0.15, 0.2) is 60.7 Å². The van der Waals surface area contributed by atoms with Gasteiger partial charge < -0.3 is 14.6 Å². The number of nitrogens with zero attached hydrogens (tertiary/aromatic N) is 3. The monoisotopic (exact) mass is 605 g/mol. The highest BCUT2D eigenvalue weighted by atomic mass is 35.5. The Morgan fingerprint density at radius 1 is 1.00 bits per heavy atom. The summed E-state index contributed by atoms with van der Waals surface area (Å²) in [6.07, 6.45) is 1.23. The van der Waals surface area contributed by atoms with Gasteiger partial charge in [0.05, 0.1) is 23.4 Å². The molecule has 2 heterocycles. The van der Waals surface area contributed by atoms with E-state index >= 15 is 0 Å². The molecular weight excluding hydrogens is 574 g/mol. The van der Waals surface area contributed by atoms with E-state index in [0.717, 1.165) is 63.3 Å². The van der Waals surface area contributed by atoms with Crippen molar-refractivity contribution in [3.63, 3.8) is 0 Å². The number of nitriles is 1. The second-order valence-electron chi connectivity index (χ2n) is 11.3. The number of pyridine rings is 1. The summed E-state index contributed by atoms with van der Waals surface area (Å²) in [4.78, 5) is 18.4. The first-order valence-corrected chi connectivity index (χ1v) is 15.0. The molecule has 222 valence electrons. The minimum atomic E-state index is 0.216. The SMILES string of the molecule is COc1nc(-c2cccc(-c3cccc(COc4ccc5c(c4C#N)CCC5=C=O)c3C)c2Cl)ccc1CN1CC(CO)C1. The molecule has 1 fully saturated rings. The van der Waals surface area contributed by atoms with Crippen LogP contribution in [-0.4, -0.2) is 47.7 Å². The third kappa shape index (κ3) is 5.50. The fraction of sp³-hybridized carbons (Fsp3) is 0.278. The van der Waals surface area contributed by atoms with Crippen LogP contribution >= 0.6 is 11.6 Å². The average Bonchev–Trinajstić information content (AvgIpc) is 3.45. The second-order valence-corrected chi connectivity index (χ2v) is 11.7. The normalized spacial score (nSPS) is 14.5. The Balaban J connectivity index is 1.25. The molecule has 3 aromatic carbocycles. The predicted molar refractivity (Wildman–Crippen MR) is 170 cm³/mol. The molecule has 0 radical (unpaired) electrons. The molecular formula is C36H32ClN3O4. The number of methoxy groups -OCH3 is 1. The van der Waals surface area contributed by atoms with Crippen LogP contribution in [0, 0.1) is 24.2 Å². The van der Waals surface area contributed by atoms with Crippen LogP contribution in [0.25, 0.3) is 28.0 Å². The van der Waals surface area contributed by atoms with Crippen LogP contribution in [0.1, 0.15) is 39.8 Å². The molecule has 0 unspecified atom stereocenters. The number of hydrogen-bond acceptors (Lipinski definition) is 7. The Hall–Kier alpha value is -4.44. The van der Waals surface area contributed by atoms with Crippen molar-refractivity contribution in [3.05, 3.63) is 99.1 Å². The first-order chi connectivity index (χ1) is 21.4. The number of allylic oxidation sites excluding steroid dienone is 1. The summed E-state index contributed by atoms with van der Waals surface area (Å²) in [6.45, 7) is 4.98. The molecule has 1 saturated heterocycles. The molecule has 7 nitrogen and oxygen atoms in total. The number of benzene rings is 3. The number of aromatic nitrogens is 1. The molecule has 0 bridgehead atoms. The molecule has 8 heteroatoms. The van der Waals surface area contributed by atoms with Crippen molar-refractivity contribution < 1.29 is 19.4 Å². The van der Waals surface area contributed by atoms with Gasteiger partial charge in [0.15, 0.2) is 0 Å². The van der Waals surface area contributed by atoms with Crippen LogP contribution in [0.3, 0.4) is 0 Å². The van der Waals surface area contributed by atoms with Crippen LogP contribution < -0.4 is 9.47 Å². The zero-order valence-corrected chi connectivity index (χ0v) is 25.4. The number of carbonyl (C=O) groups excluding carboxylic acids is 1. The number of hydrogen-bond donors (Lipinski definition) is 1. The van der Waals surface area contributed by atoms with E-state index in [9.17, 15) is 15.2 Å². The van der Waals surface area contributed by atoms with Gasteiger partial charge in [-0.15, -0.1) is 0 Å². The molecule has 6 rings (SSSR count). The molecule has 1 aliphatic heterocycles. The zero-order valence-electron chi connectivity index (χ0n) is 24.7. The Kier molecular flexibility index (Phi) is 8.52. The predicted octanol–water partition coefficient (Wildman–Crippen LogP) is 6.42. The third-order valence-corrected chi connectivity index (χ3v) is 9.08. The lowest BCUT2D eigenvalue weighted by Crippen LogP contribution is -2.47. The van der Waals surface area contributed by atoms with E-state index in [4.69, 9.17) is 26.1 Å². The number of rotatable bonds is 9. The Bertz CT molecular complexity index is 1830. The topological polar surface area (TPSA) is 95.7 Å². The molecule has 44 heavy (non-hydrogen) atoms. The van der Waals surface area contributed by atoms with Crippen LogP contribution in [0.5, 0.6) is 11.6 Å². The second kappa shape index (κ2) is 12.7. The van der Waals surface area contributed by atoms with Gasteiger partial charge >= 0.3 is 0 Å². The van der Waals surface area contributed by atoms with E-state index in [0.29, 0.717) is 53.1 Å². The van der Waals surface area contributed by atoms with Gasteiger partial charge in [-0.3, -0.25) is 4.90 Å². The molecule has 1 N–H and O–H groups in total. The quantitative estimate of drug-likeness (QED) is 0.220. The van der Waals surface area contributed by atoms with Gasteiger partial charge in [0.1, 0.15) is 24.4 Å². The first-order valence-electron chi connectivity index (χ1n) is 14.6. The molecule has 1 aliphatic carbocycles. The van der Waals surface area contributed by atoms with Crippen LogP contribution in [-0.2, 0) is 24.4 Å². The van der Waals surface area contributed by atoms with Crippen molar-refractivity contribution in [2.45, 2.75) is 32.9 Å². The average molecular weight is 606 g/mol. The summed E-state index contributed by atoms with van der Waals surface area (Å²) in [5, 5.41) is 19.8. The van der Waals surface area contributed by atoms with Gasteiger partial charge in [-0.2, -0.15) is 5.26 Å². The van der Waals surface area contributed by atoms with E-state index in [2.05, 4.69) is 11.0 Å². The number of aliphatic hydroxyl groups is 1. The summed E-state index contributed by atoms with van der Waals surface area (Å²) < 4.78 is 11.8. The Morgan fingerprint density at radius 3 is 2.52 bits per heavy atom. The highest BCUT2D eigenvalue weighted by Crippen LogP contribution is 2.40. The van der Waals surface area contributed by atoms with Gasteiger partial charge in [-0.25, -0.2) is 9.78 Å². The lowest BCUT2D eigenvalue weighted by molar-refractivity contribution is 0.0472. The first kappa shape index (κ1) is 29.6. The summed E-state index contributed by atoms with van der Waals surface area (Å²) in [5.74, 6) is 3.42. The number of aliphatic hydroxyl groups excluding tert-OH is 1. The maximum absolute atomic E-state index is 11.3. The number of likely N-dealkylation sites (tertiary alicyclic amines) is 1. The van der Waals surface area contributed by atoms with Gasteiger partial charge in [-0.05, 0) is 65.8 Å². The van der Waals surface area contributed by atoms with E-state index in [-0.39, 0.29) is 13.2 Å². The fourth-order valence-corrected chi connectivity index (χ4v) is 6.53. The van der Waals surface area contributed by atoms with Gasteiger partial charge in [0, 0.05) is 54.4 Å². The summed E-state index contributed by atoms with van der Waals surface area (Å²) in [7, 11) is 1.62. The highest BCUT2D eigenvalue weighted by Gasteiger charge is 2.27. The molecule has 0 atom stereocenters. The largest absolute Gasteiger partial charge is 0.488 e. The molecule has 0 amide bonds. The molecule has 4 aromatic rings. The molecule has 0 spiro atoms. The summed E-state index contributed by atoms with van der Waals surface area (Å²) in [5.41, 5.74) is 9.11. The zero-order chi connectivity index (χ0) is 30.8. The van der Waals surface area contributed by atoms with E-state index in [1.807, 2.05) is 67.5 Å². The maximum atomic E-state index is 11.3. The smallest absolute Gasteiger partial charge is 0.218 e. The van der Waals surface area contributed by atoms with Gasteiger partial charge in [-0.1, -0.05) is 54.1 Å². The lowest BCUT2D eigenvalue weighted by Gasteiger charge is -2.38. The van der Waals surface area contributed by atoms with Crippen molar-refractivity contribution >= 4 is 23.1 Å². The van der Waals surface area contributed by atoms with E-state index in [1.54, 1.807) is 13.2 Å². The minimum Gasteiger partial charge on any atom is -0.488 e. The van der Waals surface area contributed by atoms with E-state index in [1.165, 1.54) is 0 Å². The van der Waals surface area contributed by atoms with Crippen LogP contribution in [0.4, 0.5) is 0 Å². The lowest BCUT2D eigenvalue weighted by atomic mass is 9.94. The molecule has 1 aromatic heterocycles. The Morgan fingerprint density at radius 2 is 1.77 bits per heavy atom. The highest BCUT2D eigenvalue weighted by molar-refractivity contribution is 6.36. The molecule has 2 aliphatic rings. The third-order valence-electron chi connectivity index (χ3n) is 8.67. The summed E-state index contributed by atoms with van der Waals surface area (Å²) in [6, 6.07) is 21.9. The van der Waals surface area contributed by atoms with E-state index < -0.39 is 0 Å². The number of halogens is 1. The van der Waals surface area contributed by atoms with Crippen molar-refractivity contribution in [1.29, 1.82) is 5.26 Å². The summed E-state index contributed by atoms with van der Waals surface area (Å²) >= 11 is 7.07.